The summed E-state index contributed by atoms with van der Waals surface area (Å²) < 4.78 is 15.3. The highest BCUT2D eigenvalue weighted by Gasteiger charge is 2.34. The molecule has 1 amide bonds. The number of benzene rings is 1. The summed E-state index contributed by atoms with van der Waals surface area (Å²) >= 11 is 1.39. The number of carbonyl (C=O) groups is 3. The summed E-state index contributed by atoms with van der Waals surface area (Å²) in [5, 5.41) is 3.18. The monoisotopic (exact) mass is 470 g/mol. The van der Waals surface area contributed by atoms with Gasteiger partial charge in [0.25, 0.3) is 5.91 Å². The van der Waals surface area contributed by atoms with Crippen LogP contribution in [0.5, 0.6) is 0 Å². The smallest absolute Gasteiger partial charge is 0.341 e. The molecule has 0 saturated carbocycles. The number of amides is 1. The molecule has 8 nitrogen and oxygen atoms in total. The molecule has 0 saturated heterocycles. The lowest BCUT2D eigenvalue weighted by atomic mass is 9.72. The van der Waals surface area contributed by atoms with Crippen molar-refractivity contribution in [2.75, 3.05) is 19.0 Å². The van der Waals surface area contributed by atoms with Crippen LogP contribution >= 0.6 is 11.3 Å². The fraction of sp³-hybridized carbons (Fsp3) is 0.417. The number of hydrogen-bond donors (Lipinski definition) is 1. The summed E-state index contributed by atoms with van der Waals surface area (Å²) in [6, 6.07) is 4.70. The molecule has 33 heavy (non-hydrogen) atoms. The Labute approximate surface area is 195 Å². The van der Waals surface area contributed by atoms with E-state index in [0.717, 1.165) is 29.7 Å². The molecule has 0 bridgehead atoms. The summed E-state index contributed by atoms with van der Waals surface area (Å²) in [4.78, 5) is 42.5. The fourth-order valence-corrected chi connectivity index (χ4v) is 5.42. The van der Waals surface area contributed by atoms with Gasteiger partial charge in [-0.15, -0.1) is 11.3 Å². The van der Waals surface area contributed by atoms with Gasteiger partial charge in [-0.25, -0.2) is 14.6 Å². The number of oxazole rings is 1. The minimum absolute atomic E-state index is 0.152. The first-order valence-corrected chi connectivity index (χ1v) is 11.5. The summed E-state index contributed by atoms with van der Waals surface area (Å²) in [6.45, 7) is 6.17. The summed E-state index contributed by atoms with van der Waals surface area (Å²) in [6.07, 6.45) is 3.86. The lowest BCUT2D eigenvalue weighted by Crippen LogP contribution is -2.26. The van der Waals surface area contributed by atoms with E-state index < -0.39 is 24.5 Å². The van der Waals surface area contributed by atoms with Crippen LogP contribution in [-0.2, 0) is 27.1 Å². The summed E-state index contributed by atoms with van der Waals surface area (Å²) in [5.74, 6) is -1.18. The number of ether oxygens (including phenoxy) is 2. The second-order valence-corrected chi connectivity index (χ2v) is 10.3. The molecular formula is C24H26N2O6S. The molecule has 2 aromatic heterocycles. The number of nitrogens with zero attached hydrogens (tertiary/aromatic N) is 1. The van der Waals surface area contributed by atoms with Gasteiger partial charge in [-0.1, -0.05) is 20.8 Å². The van der Waals surface area contributed by atoms with Crippen LogP contribution in [0.25, 0.3) is 11.1 Å². The Morgan fingerprint density at radius 3 is 2.76 bits per heavy atom. The Kier molecular flexibility index (Phi) is 6.25. The van der Waals surface area contributed by atoms with E-state index in [-0.39, 0.29) is 11.0 Å². The van der Waals surface area contributed by atoms with Gasteiger partial charge in [0.2, 0.25) is 0 Å². The number of hydrogen-bond acceptors (Lipinski definition) is 8. The molecule has 1 aliphatic rings. The highest BCUT2D eigenvalue weighted by molar-refractivity contribution is 7.17. The topological polar surface area (TPSA) is 108 Å². The molecule has 0 spiro atoms. The molecule has 4 rings (SSSR count). The molecule has 1 N–H and O–H groups in total. The van der Waals surface area contributed by atoms with Crippen LogP contribution in [0.15, 0.2) is 29.0 Å². The molecule has 1 unspecified atom stereocenters. The number of methoxy groups -OCH3 is 1. The van der Waals surface area contributed by atoms with E-state index in [0.29, 0.717) is 27.6 Å². The number of thiophene rings is 1. The maximum Gasteiger partial charge on any atom is 0.341 e. The summed E-state index contributed by atoms with van der Waals surface area (Å²) in [5.41, 5.74) is 2.83. The zero-order valence-electron chi connectivity index (χ0n) is 19.0. The van der Waals surface area contributed by atoms with E-state index in [1.807, 2.05) is 0 Å². The molecule has 9 heteroatoms. The number of fused-ring (bicyclic) bond motifs is 2. The van der Waals surface area contributed by atoms with Gasteiger partial charge in [0, 0.05) is 4.88 Å². The van der Waals surface area contributed by atoms with Crippen molar-refractivity contribution in [3.8, 4) is 0 Å². The average Bonchev–Trinajstić information content (AvgIpc) is 3.39. The van der Waals surface area contributed by atoms with Gasteiger partial charge < -0.3 is 19.2 Å². The quantitative estimate of drug-likeness (QED) is 0.542. The maximum absolute atomic E-state index is 12.6. The maximum atomic E-state index is 12.6. The number of anilines is 1. The van der Waals surface area contributed by atoms with Crippen molar-refractivity contribution < 1.29 is 28.3 Å². The van der Waals surface area contributed by atoms with Gasteiger partial charge >= 0.3 is 11.9 Å². The molecule has 2 heterocycles. The molecule has 0 radical (unpaired) electrons. The second-order valence-electron chi connectivity index (χ2n) is 9.16. The molecule has 0 fully saturated rings. The normalized spacial score (nSPS) is 15.7. The molecule has 174 valence electrons. The predicted octanol–water partition coefficient (Wildman–Crippen LogP) is 4.62. The highest BCUT2D eigenvalue weighted by atomic mass is 32.1. The first-order valence-electron chi connectivity index (χ1n) is 10.7. The Morgan fingerprint density at radius 1 is 1.24 bits per heavy atom. The molecule has 3 aromatic rings. The van der Waals surface area contributed by atoms with Crippen LogP contribution in [-0.4, -0.2) is 36.5 Å². The largest absolute Gasteiger partial charge is 0.465 e. The SMILES string of the molecule is COC(=O)c1c(NC(=O)COC(=O)c2ccc3ncoc3c2)sc2c1CCC(C(C)(C)C)C2. The summed E-state index contributed by atoms with van der Waals surface area (Å²) in [7, 11) is 1.33. The lowest BCUT2D eigenvalue weighted by molar-refractivity contribution is -0.119. The number of aromatic nitrogens is 1. The molecule has 1 atom stereocenters. The highest BCUT2D eigenvalue weighted by Crippen LogP contribution is 2.44. The van der Waals surface area contributed by atoms with Crippen molar-refractivity contribution in [1.82, 2.24) is 4.98 Å². The third-order valence-electron chi connectivity index (χ3n) is 6.03. The van der Waals surface area contributed by atoms with Gasteiger partial charge in [0.05, 0.1) is 18.2 Å². The van der Waals surface area contributed by atoms with E-state index in [2.05, 4.69) is 31.1 Å². The van der Waals surface area contributed by atoms with Crippen molar-refractivity contribution in [3.05, 3.63) is 46.2 Å². The fourth-order valence-electron chi connectivity index (χ4n) is 4.09. The Hall–Kier alpha value is -3.20. The molecule has 1 aromatic carbocycles. The molecule has 0 aliphatic heterocycles. The number of esters is 2. The standard InChI is InChI=1S/C24H26N2O6S/c1-24(2,3)14-6-7-15-18(10-14)33-21(20(15)23(29)30-4)26-19(27)11-31-22(28)13-5-8-16-17(9-13)32-12-25-16/h5,8-9,12,14H,6-7,10-11H2,1-4H3,(H,26,27). The lowest BCUT2D eigenvalue weighted by Gasteiger charge is -2.33. The van der Waals surface area contributed by atoms with Crippen LogP contribution in [0.2, 0.25) is 0 Å². The van der Waals surface area contributed by atoms with Crippen LogP contribution < -0.4 is 5.32 Å². The Balaban J connectivity index is 1.46. The zero-order valence-corrected chi connectivity index (χ0v) is 19.8. The van der Waals surface area contributed by atoms with Crippen molar-refractivity contribution >= 4 is 45.3 Å². The van der Waals surface area contributed by atoms with E-state index in [9.17, 15) is 14.4 Å². The van der Waals surface area contributed by atoms with Crippen LogP contribution in [0.3, 0.4) is 0 Å². The van der Waals surface area contributed by atoms with E-state index in [4.69, 9.17) is 13.9 Å². The minimum Gasteiger partial charge on any atom is -0.465 e. The Morgan fingerprint density at radius 2 is 2.03 bits per heavy atom. The predicted molar refractivity (Wildman–Crippen MR) is 124 cm³/mol. The van der Waals surface area contributed by atoms with Gasteiger partial charge in [0.1, 0.15) is 10.5 Å². The first kappa shape index (κ1) is 23.0. The van der Waals surface area contributed by atoms with Crippen molar-refractivity contribution in [2.45, 2.75) is 40.0 Å². The third kappa shape index (κ3) is 4.78. The average molecular weight is 471 g/mol. The van der Waals surface area contributed by atoms with Crippen molar-refractivity contribution in [3.63, 3.8) is 0 Å². The van der Waals surface area contributed by atoms with E-state index >= 15 is 0 Å². The van der Waals surface area contributed by atoms with Crippen LogP contribution in [0.1, 0.15) is 58.3 Å². The Bertz CT molecular complexity index is 1220. The number of rotatable bonds is 5. The van der Waals surface area contributed by atoms with Crippen LogP contribution in [0.4, 0.5) is 5.00 Å². The van der Waals surface area contributed by atoms with Gasteiger partial charge in [-0.3, -0.25) is 4.79 Å². The van der Waals surface area contributed by atoms with Crippen LogP contribution in [0, 0.1) is 11.3 Å². The van der Waals surface area contributed by atoms with E-state index in [1.54, 1.807) is 12.1 Å². The second kappa shape index (κ2) is 8.97. The zero-order chi connectivity index (χ0) is 23.8. The van der Waals surface area contributed by atoms with Gasteiger partial charge in [0.15, 0.2) is 18.6 Å². The number of nitrogens with one attached hydrogen (secondary N) is 1. The van der Waals surface area contributed by atoms with Crippen molar-refractivity contribution in [2.24, 2.45) is 11.3 Å². The van der Waals surface area contributed by atoms with Crippen molar-refractivity contribution in [1.29, 1.82) is 0 Å². The minimum atomic E-state index is -0.657. The van der Waals surface area contributed by atoms with E-state index in [1.165, 1.54) is 30.9 Å². The molecule has 1 aliphatic carbocycles. The third-order valence-corrected chi connectivity index (χ3v) is 7.20. The first-order chi connectivity index (χ1) is 15.7. The molecular weight excluding hydrogens is 444 g/mol. The van der Waals surface area contributed by atoms with Gasteiger partial charge in [-0.2, -0.15) is 0 Å². The van der Waals surface area contributed by atoms with Gasteiger partial charge in [-0.05, 0) is 54.4 Å². The number of carbonyl (C=O) groups excluding carboxylic acids is 3.